The van der Waals surface area contributed by atoms with Gasteiger partial charge in [0, 0.05) is 11.4 Å². The summed E-state index contributed by atoms with van der Waals surface area (Å²) < 4.78 is 33.8. The molecule has 0 aliphatic heterocycles. The average molecular weight is 363 g/mol. The molecule has 2 aromatic carbocycles. The van der Waals surface area contributed by atoms with Crippen LogP contribution in [0.3, 0.4) is 0 Å². The molecule has 1 aliphatic carbocycles. The summed E-state index contributed by atoms with van der Waals surface area (Å²) in [6.07, 6.45) is 0. The van der Waals surface area contributed by atoms with Gasteiger partial charge < -0.3 is 26.2 Å². The first kappa shape index (κ1) is 16.7. The molecule has 0 saturated carbocycles. The maximum Gasteiger partial charge on any atom is 0.200 e. The van der Waals surface area contributed by atoms with Crippen molar-refractivity contribution in [3.8, 4) is 11.5 Å². The molecule has 0 saturated heterocycles. The molecule has 0 unspecified atom stereocenters. The van der Waals surface area contributed by atoms with Gasteiger partial charge in [-0.1, -0.05) is 0 Å². The van der Waals surface area contributed by atoms with Crippen LogP contribution in [-0.4, -0.2) is 34.8 Å². The van der Waals surface area contributed by atoms with Gasteiger partial charge in [0.25, 0.3) is 0 Å². The zero-order valence-electron chi connectivity index (χ0n) is 12.7. The summed E-state index contributed by atoms with van der Waals surface area (Å²) in [4.78, 5) is 24.3. The minimum atomic E-state index is -5.16. The van der Waals surface area contributed by atoms with Crippen LogP contribution in [0.25, 0.3) is 0 Å². The van der Waals surface area contributed by atoms with E-state index in [0.717, 1.165) is 0 Å². The first-order valence-corrected chi connectivity index (χ1v) is 8.20. The van der Waals surface area contributed by atoms with E-state index in [4.69, 9.17) is 11.5 Å². The van der Waals surface area contributed by atoms with Crippen LogP contribution in [0.15, 0.2) is 17.0 Å². The van der Waals surface area contributed by atoms with Gasteiger partial charge >= 0.3 is 0 Å². The molecule has 0 radical (unpaired) electrons. The monoisotopic (exact) mass is 363 g/mol. The average Bonchev–Trinajstić information content (AvgIpc) is 2.49. The molecule has 0 fully saturated rings. The van der Waals surface area contributed by atoms with Crippen molar-refractivity contribution in [2.45, 2.75) is 11.8 Å². The number of fused-ring (bicyclic) bond motifs is 2. The molecule has 0 aromatic heterocycles. The quantitative estimate of drug-likeness (QED) is 0.267. The van der Waals surface area contributed by atoms with Crippen LogP contribution in [0.2, 0.25) is 0 Å². The zero-order valence-corrected chi connectivity index (χ0v) is 13.5. The van der Waals surface area contributed by atoms with Gasteiger partial charge in [0.15, 0.2) is 0 Å². The predicted octanol–water partition coefficient (Wildman–Crippen LogP) is 0.250. The van der Waals surface area contributed by atoms with Crippen molar-refractivity contribution in [1.29, 1.82) is 0 Å². The highest BCUT2D eigenvalue weighted by Crippen LogP contribution is 2.44. The molecule has 0 spiro atoms. The van der Waals surface area contributed by atoms with Gasteiger partial charge in [-0.2, -0.15) is 0 Å². The summed E-state index contributed by atoms with van der Waals surface area (Å²) in [6, 6.07) is 1.85. The van der Waals surface area contributed by atoms with Crippen molar-refractivity contribution in [2.24, 2.45) is 0 Å². The van der Waals surface area contributed by atoms with E-state index in [9.17, 15) is 32.8 Å². The maximum atomic E-state index is 12.7. The van der Waals surface area contributed by atoms with Crippen LogP contribution < -0.4 is 11.5 Å². The Labute approximate surface area is 141 Å². The van der Waals surface area contributed by atoms with Crippen LogP contribution in [0.1, 0.15) is 37.4 Å². The molecule has 6 N–H and O–H groups in total. The number of carbonyl (C=O) groups excluding carboxylic acids is 2. The Bertz CT molecular complexity index is 1100. The summed E-state index contributed by atoms with van der Waals surface area (Å²) in [7, 11) is -5.16. The van der Waals surface area contributed by atoms with E-state index in [0.29, 0.717) is 6.07 Å². The van der Waals surface area contributed by atoms with E-state index in [2.05, 4.69) is 0 Å². The number of phenols is 2. The van der Waals surface area contributed by atoms with Crippen molar-refractivity contribution in [1.82, 2.24) is 0 Å². The SMILES string of the molecule is Cc1cc(N)c2c(c1O)C(=O)c1c(N)cc(S(=O)(=O)[O-])c(O)c1C2=O. The number of nitrogen functional groups attached to an aromatic ring is 2. The van der Waals surface area contributed by atoms with Gasteiger partial charge in [0.05, 0.1) is 27.1 Å². The molecule has 0 amide bonds. The third-order valence-electron chi connectivity index (χ3n) is 3.99. The summed E-state index contributed by atoms with van der Waals surface area (Å²) in [6.45, 7) is 1.47. The number of aromatic hydroxyl groups is 2. The van der Waals surface area contributed by atoms with E-state index >= 15 is 0 Å². The lowest BCUT2D eigenvalue weighted by Crippen LogP contribution is -2.25. The van der Waals surface area contributed by atoms with Gasteiger partial charge in [-0.15, -0.1) is 0 Å². The highest BCUT2D eigenvalue weighted by molar-refractivity contribution is 7.85. The van der Waals surface area contributed by atoms with E-state index in [1.54, 1.807) is 0 Å². The van der Waals surface area contributed by atoms with Crippen molar-refractivity contribution in [3.63, 3.8) is 0 Å². The molecule has 0 bridgehead atoms. The molecular weight excluding hydrogens is 352 g/mol. The summed E-state index contributed by atoms with van der Waals surface area (Å²) in [5.41, 5.74) is 8.98. The first-order valence-electron chi connectivity index (χ1n) is 6.79. The molecule has 9 nitrogen and oxygen atoms in total. The lowest BCUT2D eigenvalue weighted by Gasteiger charge is -2.24. The molecule has 2 aromatic rings. The summed E-state index contributed by atoms with van der Waals surface area (Å²) in [5, 5.41) is 20.3. The Morgan fingerprint density at radius 3 is 1.80 bits per heavy atom. The Balaban J connectivity index is 2.49. The zero-order chi connectivity index (χ0) is 18.8. The van der Waals surface area contributed by atoms with Crippen LogP contribution in [0.5, 0.6) is 11.5 Å². The van der Waals surface area contributed by atoms with Gasteiger partial charge in [0.1, 0.15) is 21.6 Å². The van der Waals surface area contributed by atoms with E-state index in [1.807, 2.05) is 0 Å². The number of carbonyl (C=O) groups is 2. The van der Waals surface area contributed by atoms with Crippen LogP contribution in [0.4, 0.5) is 11.4 Å². The molecule has 130 valence electrons. The number of hydrogen-bond donors (Lipinski definition) is 4. The maximum absolute atomic E-state index is 12.7. The normalized spacial score (nSPS) is 13.5. The second-order valence-corrected chi connectivity index (χ2v) is 6.90. The Morgan fingerprint density at radius 1 is 0.880 bits per heavy atom. The standard InChI is InChI=1S/C15H12N2O7S/c1-4-2-5(16)8-10(12(4)18)14(20)9-6(17)3-7(25(22,23)24)13(19)11(9)15(8)21/h2-3,18-19H,16-17H2,1H3,(H,22,23,24)/p-1. The highest BCUT2D eigenvalue weighted by Gasteiger charge is 2.39. The number of rotatable bonds is 1. The Morgan fingerprint density at radius 2 is 1.32 bits per heavy atom. The Kier molecular flexibility index (Phi) is 3.31. The third-order valence-corrected chi connectivity index (χ3v) is 4.84. The number of benzene rings is 2. The minimum absolute atomic E-state index is 0.150. The molecule has 0 heterocycles. The number of aryl methyl sites for hydroxylation is 1. The van der Waals surface area contributed by atoms with Crippen LogP contribution in [0, 0.1) is 6.92 Å². The topological polar surface area (TPSA) is 184 Å². The Hall–Kier alpha value is -3.11. The minimum Gasteiger partial charge on any atom is -0.744 e. The van der Waals surface area contributed by atoms with Gasteiger partial charge in [-0.3, -0.25) is 9.59 Å². The lowest BCUT2D eigenvalue weighted by atomic mass is 9.80. The fourth-order valence-corrected chi connectivity index (χ4v) is 3.48. The van der Waals surface area contributed by atoms with Gasteiger partial charge in [-0.25, -0.2) is 8.42 Å². The second-order valence-electron chi connectivity index (χ2n) is 5.56. The van der Waals surface area contributed by atoms with Gasteiger partial charge in [0.2, 0.25) is 11.6 Å². The molecule has 3 rings (SSSR count). The summed E-state index contributed by atoms with van der Waals surface area (Å²) in [5.74, 6) is -3.59. The predicted molar refractivity (Wildman–Crippen MR) is 84.6 cm³/mol. The largest absolute Gasteiger partial charge is 0.744 e. The molecule has 0 atom stereocenters. The number of anilines is 2. The van der Waals surface area contributed by atoms with E-state index in [-0.39, 0.29) is 16.8 Å². The fraction of sp³-hybridized carbons (Fsp3) is 0.0667. The van der Waals surface area contributed by atoms with Crippen molar-refractivity contribution in [2.75, 3.05) is 11.5 Å². The molecular formula is C15H11N2O7S-. The lowest BCUT2D eigenvalue weighted by molar-refractivity contribution is 0.0975. The number of hydrogen-bond acceptors (Lipinski definition) is 9. The molecule has 10 heteroatoms. The smallest absolute Gasteiger partial charge is 0.200 e. The number of ketones is 2. The first-order chi connectivity index (χ1) is 11.5. The molecule has 25 heavy (non-hydrogen) atoms. The van der Waals surface area contributed by atoms with E-state index in [1.165, 1.54) is 13.0 Å². The second kappa shape index (κ2) is 4.94. The summed E-state index contributed by atoms with van der Waals surface area (Å²) >= 11 is 0. The van der Waals surface area contributed by atoms with Crippen LogP contribution in [-0.2, 0) is 10.1 Å². The molecule has 1 aliphatic rings. The van der Waals surface area contributed by atoms with Crippen molar-refractivity contribution >= 4 is 33.1 Å². The van der Waals surface area contributed by atoms with E-state index < -0.39 is 60.5 Å². The van der Waals surface area contributed by atoms with Crippen molar-refractivity contribution < 1.29 is 32.8 Å². The highest BCUT2D eigenvalue weighted by atomic mass is 32.2. The van der Waals surface area contributed by atoms with Gasteiger partial charge in [-0.05, 0) is 24.6 Å². The fourth-order valence-electron chi connectivity index (χ4n) is 2.87. The van der Waals surface area contributed by atoms with Crippen molar-refractivity contribution in [3.05, 3.63) is 39.9 Å². The number of nitrogens with two attached hydrogens (primary N) is 2. The van der Waals surface area contributed by atoms with Crippen LogP contribution >= 0.6 is 0 Å². The number of phenolic OH excluding ortho intramolecular Hbond substituents is 2. The third kappa shape index (κ3) is 2.15.